The molecule has 0 radical (unpaired) electrons. The molecule has 4 heterocycles. The first-order chi connectivity index (χ1) is 17.6. The number of amides is 3. The largest absolute Gasteiger partial charge is 0.357 e. The number of benzene rings is 1. The second kappa shape index (κ2) is 9.92. The van der Waals surface area contributed by atoms with Gasteiger partial charge in [-0.3, -0.25) is 9.69 Å². The zero-order valence-electron chi connectivity index (χ0n) is 20.7. The summed E-state index contributed by atoms with van der Waals surface area (Å²) in [6.07, 6.45) is 6.23. The second-order valence-corrected chi connectivity index (χ2v) is 13.8. The average Bonchev–Trinajstić information content (AvgIpc) is 3.47. The molecule has 0 spiro atoms. The van der Waals surface area contributed by atoms with Gasteiger partial charge in [0.15, 0.2) is 0 Å². The van der Waals surface area contributed by atoms with Crippen LogP contribution < -0.4 is 5.32 Å². The molecule has 3 atom stereocenters. The Balaban J connectivity index is 1.38. The number of hydrogen-bond acceptors (Lipinski definition) is 8. The molecule has 3 aliphatic rings. The van der Waals surface area contributed by atoms with Crippen molar-refractivity contribution >= 4 is 60.2 Å². The minimum absolute atomic E-state index is 0.0764. The number of hydrogen-bond donors (Lipinski definition) is 1. The van der Waals surface area contributed by atoms with Crippen LogP contribution >= 0.6 is 23.1 Å². The van der Waals surface area contributed by atoms with Crippen molar-refractivity contribution < 1.29 is 18.0 Å². The Hall–Kier alpha value is -2.63. The van der Waals surface area contributed by atoms with E-state index < -0.39 is 22.0 Å². The first-order valence-electron chi connectivity index (χ1n) is 11.9. The molecule has 13 heteroatoms. The number of carbonyl (C=O) groups is 2. The van der Waals surface area contributed by atoms with Gasteiger partial charge in [0.2, 0.25) is 5.91 Å². The standard InChI is InChI=1S/C24H28N6O4S3/c1-5-16-6-7-17-13-21(36-20(17)12-16)37(33,34)28-10-11-29(19(14-28)22(31)25-3)24(32)30-9-8-18-23(26-30)35-15(2)27(18)4/h1,6-7,12-13,15,18-19H,8-11,14H2,2-4H3,(H,25,31). The summed E-state index contributed by atoms with van der Waals surface area (Å²) < 4.78 is 29.3. The highest BCUT2D eigenvalue weighted by molar-refractivity contribution is 8.14. The third kappa shape index (κ3) is 4.61. The molecule has 5 rings (SSSR count). The van der Waals surface area contributed by atoms with Crippen LogP contribution in [-0.4, -0.2) is 102 Å². The molecule has 1 aromatic heterocycles. The van der Waals surface area contributed by atoms with E-state index in [2.05, 4.69) is 28.2 Å². The molecule has 3 aliphatic heterocycles. The van der Waals surface area contributed by atoms with Gasteiger partial charge in [-0.05, 0) is 44.0 Å². The van der Waals surface area contributed by atoms with Gasteiger partial charge in [0.1, 0.15) is 15.3 Å². The lowest BCUT2D eigenvalue weighted by atomic mass is 10.1. The number of terminal acetylenes is 1. The SMILES string of the molecule is C#Cc1ccc2cc(S(=O)(=O)N3CCN(C(=O)N4CCC5C(=N4)SC(C)N5C)C(C(=O)NC)C3)sc2c1. The minimum atomic E-state index is -3.88. The van der Waals surface area contributed by atoms with Gasteiger partial charge in [0.05, 0.1) is 11.4 Å². The van der Waals surface area contributed by atoms with E-state index in [9.17, 15) is 18.0 Å². The fourth-order valence-corrected chi connectivity index (χ4v) is 9.11. The summed E-state index contributed by atoms with van der Waals surface area (Å²) in [6, 6.07) is 5.82. The van der Waals surface area contributed by atoms with E-state index in [0.29, 0.717) is 12.1 Å². The smallest absolute Gasteiger partial charge is 0.341 e. The van der Waals surface area contributed by atoms with Crippen LogP contribution in [0.1, 0.15) is 18.9 Å². The molecule has 0 saturated carbocycles. The van der Waals surface area contributed by atoms with Crippen molar-refractivity contribution in [1.82, 2.24) is 24.4 Å². The Morgan fingerprint density at radius 2 is 2.00 bits per heavy atom. The Morgan fingerprint density at radius 3 is 2.73 bits per heavy atom. The number of thioether (sulfide) groups is 1. The topological polar surface area (TPSA) is 106 Å². The summed E-state index contributed by atoms with van der Waals surface area (Å²) in [5.74, 6) is 2.14. The fraction of sp³-hybridized carbons (Fsp3) is 0.458. The van der Waals surface area contributed by atoms with Gasteiger partial charge in [-0.1, -0.05) is 23.7 Å². The molecule has 1 N–H and O–H groups in total. The summed E-state index contributed by atoms with van der Waals surface area (Å²) >= 11 is 2.77. The van der Waals surface area contributed by atoms with Crippen molar-refractivity contribution in [2.45, 2.75) is 35.0 Å². The van der Waals surface area contributed by atoms with Gasteiger partial charge in [-0.15, -0.1) is 17.8 Å². The fourth-order valence-electron chi connectivity index (χ4n) is 4.83. The molecule has 2 saturated heterocycles. The van der Waals surface area contributed by atoms with Crippen LogP contribution in [0, 0.1) is 12.3 Å². The van der Waals surface area contributed by atoms with Gasteiger partial charge in [0.25, 0.3) is 10.0 Å². The number of nitrogens with one attached hydrogen (secondary N) is 1. The summed E-state index contributed by atoms with van der Waals surface area (Å²) in [4.78, 5) is 30.0. The van der Waals surface area contributed by atoms with E-state index in [1.165, 1.54) is 21.3 Å². The summed E-state index contributed by atoms with van der Waals surface area (Å²) in [5, 5.41) is 10.5. The summed E-state index contributed by atoms with van der Waals surface area (Å²) in [6.45, 7) is 2.55. The van der Waals surface area contributed by atoms with Crippen LogP contribution in [-0.2, 0) is 14.8 Å². The molecular formula is C24H28N6O4S3. The lowest BCUT2D eigenvalue weighted by Gasteiger charge is -2.41. The van der Waals surface area contributed by atoms with Crippen molar-refractivity contribution in [2.24, 2.45) is 5.10 Å². The number of urea groups is 1. The van der Waals surface area contributed by atoms with Gasteiger partial charge < -0.3 is 10.2 Å². The first-order valence-corrected chi connectivity index (χ1v) is 15.0. The lowest BCUT2D eigenvalue weighted by molar-refractivity contribution is -0.126. The molecule has 196 valence electrons. The Morgan fingerprint density at radius 1 is 1.22 bits per heavy atom. The maximum Gasteiger partial charge on any atom is 0.341 e. The van der Waals surface area contributed by atoms with Gasteiger partial charge in [-0.25, -0.2) is 18.2 Å². The van der Waals surface area contributed by atoms with Crippen LogP contribution in [0.2, 0.25) is 0 Å². The van der Waals surface area contributed by atoms with Crippen LogP contribution in [0.3, 0.4) is 0 Å². The molecule has 3 unspecified atom stereocenters. The minimum Gasteiger partial charge on any atom is -0.357 e. The van der Waals surface area contributed by atoms with Crippen LogP contribution in [0.15, 0.2) is 33.6 Å². The zero-order chi connectivity index (χ0) is 26.5. The Bertz CT molecular complexity index is 1430. The van der Waals surface area contributed by atoms with Crippen LogP contribution in [0.5, 0.6) is 0 Å². The van der Waals surface area contributed by atoms with Crippen LogP contribution in [0.4, 0.5) is 4.79 Å². The monoisotopic (exact) mass is 560 g/mol. The number of carbonyl (C=O) groups excluding carboxylic acids is 2. The lowest BCUT2D eigenvalue weighted by Crippen LogP contribution is -2.63. The van der Waals surface area contributed by atoms with E-state index in [1.54, 1.807) is 36.0 Å². The number of rotatable bonds is 3. The Kier molecular flexibility index (Phi) is 6.97. The van der Waals surface area contributed by atoms with Crippen LogP contribution in [0.25, 0.3) is 10.1 Å². The maximum atomic E-state index is 13.6. The predicted molar refractivity (Wildman–Crippen MR) is 146 cm³/mol. The second-order valence-electron chi connectivity index (χ2n) is 9.18. The van der Waals surface area contributed by atoms with Gasteiger partial charge in [0, 0.05) is 43.5 Å². The molecule has 2 fully saturated rings. The van der Waals surface area contributed by atoms with Crippen molar-refractivity contribution in [3.05, 3.63) is 29.8 Å². The number of thiophene rings is 1. The molecule has 2 aromatic rings. The van der Waals surface area contributed by atoms with Gasteiger partial charge in [-0.2, -0.15) is 9.41 Å². The third-order valence-electron chi connectivity index (χ3n) is 7.09. The average molecular weight is 561 g/mol. The van der Waals surface area contributed by atoms with E-state index in [1.807, 2.05) is 7.05 Å². The number of likely N-dealkylation sites (N-methyl/N-ethyl adjacent to an activating group) is 1. The van der Waals surface area contributed by atoms with E-state index in [-0.39, 0.29) is 41.3 Å². The molecule has 10 nitrogen and oxygen atoms in total. The summed E-state index contributed by atoms with van der Waals surface area (Å²) in [5.41, 5.74) is 0.676. The molecular weight excluding hydrogens is 533 g/mol. The molecule has 0 bridgehead atoms. The van der Waals surface area contributed by atoms with Crippen molar-refractivity contribution in [3.63, 3.8) is 0 Å². The Labute approximate surface area is 224 Å². The number of fused-ring (bicyclic) bond motifs is 2. The highest BCUT2D eigenvalue weighted by atomic mass is 32.2. The molecule has 3 amide bonds. The van der Waals surface area contributed by atoms with Gasteiger partial charge >= 0.3 is 6.03 Å². The number of sulfonamides is 1. The van der Waals surface area contributed by atoms with E-state index in [0.717, 1.165) is 32.9 Å². The normalized spacial score (nSPS) is 25.0. The van der Waals surface area contributed by atoms with E-state index >= 15 is 0 Å². The van der Waals surface area contributed by atoms with Crippen molar-refractivity contribution in [2.75, 3.05) is 40.3 Å². The third-order valence-corrected chi connectivity index (χ3v) is 11.8. The first kappa shape index (κ1) is 26.0. The highest BCUT2D eigenvalue weighted by Gasteiger charge is 2.44. The van der Waals surface area contributed by atoms with E-state index in [4.69, 9.17) is 6.42 Å². The highest BCUT2D eigenvalue weighted by Crippen LogP contribution is 2.35. The quantitative estimate of drug-likeness (QED) is 0.575. The molecule has 1 aromatic carbocycles. The van der Waals surface area contributed by atoms with Crippen molar-refractivity contribution in [3.8, 4) is 12.3 Å². The number of piperazine rings is 1. The zero-order valence-corrected chi connectivity index (χ0v) is 23.2. The number of nitrogens with zero attached hydrogens (tertiary/aromatic N) is 5. The number of hydrazone groups is 1. The predicted octanol–water partition coefficient (Wildman–Crippen LogP) is 1.84. The molecule has 0 aliphatic carbocycles. The van der Waals surface area contributed by atoms with Crippen molar-refractivity contribution in [1.29, 1.82) is 0 Å². The molecule has 37 heavy (non-hydrogen) atoms. The summed E-state index contributed by atoms with van der Waals surface area (Å²) in [7, 11) is -0.356. The maximum absolute atomic E-state index is 13.6.